The standard InChI is InChI=1S/C13H15FN2S/c1-9(11-3-5-12(14)6-4-11)16-10(2)13-15-7-8-17-13/h3-10,16H,1-2H3/t9-,10?/m1/s1. The number of nitrogens with one attached hydrogen (secondary N) is 1. The molecule has 0 bridgehead atoms. The molecule has 2 atom stereocenters. The number of nitrogens with zero attached hydrogens (tertiary/aromatic N) is 1. The summed E-state index contributed by atoms with van der Waals surface area (Å²) in [5.41, 5.74) is 1.08. The highest BCUT2D eigenvalue weighted by molar-refractivity contribution is 7.09. The minimum Gasteiger partial charge on any atom is -0.302 e. The summed E-state index contributed by atoms with van der Waals surface area (Å²) in [5, 5.41) is 6.48. The molecule has 0 aliphatic heterocycles. The van der Waals surface area contributed by atoms with Gasteiger partial charge in [-0.2, -0.15) is 0 Å². The van der Waals surface area contributed by atoms with Crippen molar-refractivity contribution in [2.75, 3.05) is 0 Å². The summed E-state index contributed by atoms with van der Waals surface area (Å²) in [6.45, 7) is 4.15. The number of rotatable bonds is 4. The second-order valence-corrected chi connectivity index (χ2v) is 4.96. The first-order valence-electron chi connectivity index (χ1n) is 5.57. The molecule has 2 rings (SSSR count). The van der Waals surface area contributed by atoms with E-state index in [0.29, 0.717) is 0 Å². The summed E-state index contributed by atoms with van der Waals surface area (Å²) in [6.07, 6.45) is 1.81. The van der Waals surface area contributed by atoms with Crippen LogP contribution in [-0.2, 0) is 0 Å². The van der Waals surface area contributed by atoms with Crippen molar-refractivity contribution in [2.24, 2.45) is 0 Å². The van der Waals surface area contributed by atoms with Crippen molar-refractivity contribution in [1.82, 2.24) is 10.3 Å². The van der Waals surface area contributed by atoms with Crippen molar-refractivity contribution in [2.45, 2.75) is 25.9 Å². The van der Waals surface area contributed by atoms with Gasteiger partial charge in [0.05, 0.1) is 6.04 Å². The Hall–Kier alpha value is -1.26. The Kier molecular flexibility index (Phi) is 3.86. The van der Waals surface area contributed by atoms with Gasteiger partial charge in [0.25, 0.3) is 0 Å². The Labute approximate surface area is 105 Å². The molecule has 0 aliphatic rings. The van der Waals surface area contributed by atoms with Crippen LogP contribution >= 0.6 is 11.3 Å². The Morgan fingerprint density at radius 2 is 1.88 bits per heavy atom. The highest BCUT2D eigenvalue weighted by atomic mass is 32.1. The van der Waals surface area contributed by atoms with Gasteiger partial charge < -0.3 is 5.32 Å². The SMILES string of the molecule is CC(N[C@H](C)c1ccc(F)cc1)c1nccs1. The average Bonchev–Trinajstić information content (AvgIpc) is 2.83. The molecular formula is C13H15FN2S. The number of halogens is 1. The van der Waals surface area contributed by atoms with Gasteiger partial charge in [-0.15, -0.1) is 11.3 Å². The van der Waals surface area contributed by atoms with Crippen LogP contribution in [0.2, 0.25) is 0 Å². The van der Waals surface area contributed by atoms with Crippen LogP contribution in [0.4, 0.5) is 4.39 Å². The first-order valence-corrected chi connectivity index (χ1v) is 6.45. The molecular weight excluding hydrogens is 235 g/mol. The van der Waals surface area contributed by atoms with Gasteiger partial charge in [-0.05, 0) is 31.5 Å². The van der Waals surface area contributed by atoms with Crippen molar-refractivity contribution < 1.29 is 4.39 Å². The molecule has 0 fully saturated rings. The van der Waals surface area contributed by atoms with E-state index in [4.69, 9.17) is 0 Å². The van der Waals surface area contributed by atoms with Crippen molar-refractivity contribution in [1.29, 1.82) is 0 Å². The molecule has 1 heterocycles. The van der Waals surface area contributed by atoms with Gasteiger partial charge in [-0.1, -0.05) is 12.1 Å². The summed E-state index contributed by atoms with van der Waals surface area (Å²) in [5.74, 6) is -0.200. The molecule has 2 nitrogen and oxygen atoms in total. The monoisotopic (exact) mass is 250 g/mol. The summed E-state index contributed by atoms with van der Waals surface area (Å²) < 4.78 is 12.8. The molecule has 1 aromatic heterocycles. The van der Waals surface area contributed by atoms with Crippen LogP contribution in [-0.4, -0.2) is 4.98 Å². The fraction of sp³-hybridized carbons (Fsp3) is 0.308. The van der Waals surface area contributed by atoms with Crippen molar-refractivity contribution in [3.8, 4) is 0 Å². The van der Waals surface area contributed by atoms with E-state index < -0.39 is 0 Å². The largest absolute Gasteiger partial charge is 0.302 e. The first-order chi connectivity index (χ1) is 8.16. The topological polar surface area (TPSA) is 24.9 Å². The molecule has 2 aromatic rings. The molecule has 0 aliphatic carbocycles. The van der Waals surface area contributed by atoms with Crippen LogP contribution in [0.25, 0.3) is 0 Å². The molecule has 1 N–H and O–H groups in total. The van der Waals surface area contributed by atoms with Crippen LogP contribution < -0.4 is 5.32 Å². The summed E-state index contributed by atoms with van der Waals surface area (Å²) in [6, 6.07) is 6.97. The third-order valence-electron chi connectivity index (χ3n) is 2.69. The number of benzene rings is 1. The van der Waals surface area contributed by atoms with Gasteiger partial charge in [0.2, 0.25) is 0 Å². The Morgan fingerprint density at radius 3 is 2.47 bits per heavy atom. The molecule has 0 radical (unpaired) electrons. The molecule has 1 aromatic carbocycles. The zero-order valence-electron chi connectivity index (χ0n) is 9.85. The lowest BCUT2D eigenvalue weighted by molar-refractivity contribution is 0.492. The van der Waals surface area contributed by atoms with Crippen LogP contribution in [0.1, 0.15) is 36.5 Å². The molecule has 0 saturated heterocycles. The molecule has 17 heavy (non-hydrogen) atoms. The maximum Gasteiger partial charge on any atom is 0.123 e. The second kappa shape index (κ2) is 5.38. The van der Waals surface area contributed by atoms with Crippen LogP contribution in [0, 0.1) is 5.82 Å². The zero-order valence-corrected chi connectivity index (χ0v) is 10.7. The van der Waals surface area contributed by atoms with Crippen LogP contribution in [0.15, 0.2) is 35.8 Å². The Morgan fingerprint density at radius 1 is 1.18 bits per heavy atom. The highest BCUT2D eigenvalue weighted by Crippen LogP contribution is 2.20. The van der Waals surface area contributed by atoms with Gasteiger partial charge in [0, 0.05) is 17.6 Å². The van der Waals surface area contributed by atoms with Crippen molar-refractivity contribution in [3.63, 3.8) is 0 Å². The number of hydrogen-bond donors (Lipinski definition) is 1. The predicted octanol–water partition coefficient (Wildman–Crippen LogP) is 3.69. The normalized spacial score (nSPS) is 14.5. The van der Waals surface area contributed by atoms with Crippen LogP contribution in [0.3, 0.4) is 0 Å². The molecule has 4 heteroatoms. The third kappa shape index (κ3) is 3.11. The number of hydrogen-bond acceptors (Lipinski definition) is 3. The van der Waals surface area contributed by atoms with Crippen molar-refractivity contribution in [3.05, 3.63) is 52.2 Å². The molecule has 1 unspecified atom stereocenters. The quantitative estimate of drug-likeness (QED) is 0.895. The minimum atomic E-state index is -0.200. The maximum atomic E-state index is 12.8. The third-order valence-corrected chi connectivity index (χ3v) is 3.65. The summed E-state index contributed by atoms with van der Waals surface area (Å²) in [4.78, 5) is 4.27. The molecule has 0 saturated carbocycles. The van der Waals surface area contributed by atoms with Gasteiger partial charge in [0.1, 0.15) is 10.8 Å². The van der Waals surface area contributed by atoms with Crippen LogP contribution in [0.5, 0.6) is 0 Å². The minimum absolute atomic E-state index is 0.175. The van der Waals surface area contributed by atoms with E-state index in [1.807, 2.05) is 17.5 Å². The smallest absolute Gasteiger partial charge is 0.123 e. The van der Waals surface area contributed by atoms with E-state index in [1.54, 1.807) is 17.5 Å². The maximum absolute atomic E-state index is 12.8. The van der Waals surface area contributed by atoms with E-state index in [9.17, 15) is 4.39 Å². The lowest BCUT2D eigenvalue weighted by atomic mass is 10.1. The van der Waals surface area contributed by atoms with E-state index in [-0.39, 0.29) is 17.9 Å². The van der Waals surface area contributed by atoms with E-state index in [2.05, 4.69) is 24.1 Å². The van der Waals surface area contributed by atoms with Gasteiger partial charge in [0.15, 0.2) is 0 Å². The second-order valence-electron chi connectivity index (χ2n) is 4.03. The fourth-order valence-corrected chi connectivity index (χ4v) is 2.40. The number of thiazole rings is 1. The van der Waals surface area contributed by atoms with E-state index in [1.165, 1.54) is 12.1 Å². The van der Waals surface area contributed by atoms with Gasteiger partial charge in [-0.3, -0.25) is 0 Å². The molecule has 0 amide bonds. The molecule has 0 spiro atoms. The highest BCUT2D eigenvalue weighted by Gasteiger charge is 2.12. The lowest BCUT2D eigenvalue weighted by Gasteiger charge is -2.18. The number of aromatic nitrogens is 1. The van der Waals surface area contributed by atoms with Gasteiger partial charge >= 0.3 is 0 Å². The van der Waals surface area contributed by atoms with E-state index in [0.717, 1.165) is 10.6 Å². The summed E-state index contributed by atoms with van der Waals surface area (Å²) >= 11 is 1.64. The van der Waals surface area contributed by atoms with E-state index >= 15 is 0 Å². The van der Waals surface area contributed by atoms with Crippen molar-refractivity contribution >= 4 is 11.3 Å². The fourth-order valence-electron chi connectivity index (χ4n) is 1.74. The summed E-state index contributed by atoms with van der Waals surface area (Å²) in [7, 11) is 0. The average molecular weight is 250 g/mol. The Bertz CT molecular complexity index is 453. The molecule has 90 valence electrons. The lowest BCUT2D eigenvalue weighted by Crippen LogP contribution is -2.22. The Balaban J connectivity index is 2.01. The predicted molar refractivity (Wildman–Crippen MR) is 68.5 cm³/mol. The first kappa shape index (κ1) is 12.2. The van der Waals surface area contributed by atoms with Gasteiger partial charge in [-0.25, -0.2) is 9.37 Å². The zero-order chi connectivity index (χ0) is 12.3.